The number of anilines is 4. The number of nitrogens with zero attached hydrogens (tertiary/aromatic N) is 6. The van der Waals surface area contributed by atoms with Crippen molar-refractivity contribution in [1.82, 2.24) is 25.0 Å². The minimum Gasteiger partial charge on any atom is -0.360 e. The predicted molar refractivity (Wildman–Crippen MR) is 132 cm³/mol. The third-order valence-electron chi connectivity index (χ3n) is 7.05. The molecule has 1 amide bonds. The number of nitrogens with one attached hydrogen (secondary N) is 2. The zero-order valence-corrected chi connectivity index (χ0v) is 19.8. The van der Waals surface area contributed by atoms with Crippen molar-refractivity contribution in [3.63, 3.8) is 0 Å². The smallest absolute Gasteiger partial charge is 0.228 e. The monoisotopic (exact) mass is 475 g/mol. The van der Waals surface area contributed by atoms with E-state index in [1.165, 1.54) is 6.20 Å². The van der Waals surface area contributed by atoms with Crippen LogP contribution in [0.2, 0.25) is 0 Å². The molecular formula is C25H28N8O2. The maximum atomic E-state index is 13.0. The highest BCUT2D eigenvalue weighted by Crippen LogP contribution is 2.59. The summed E-state index contributed by atoms with van der Waals surface area (Å²) in [6.45, 7) is -0.563. The van der Waals surface area contributed by atoms with E-state index in [0.29, 0.717) is 11.5 Å². The molecule has 180 valence electrons. The Bertz CT molecular complexity index is 1490. The van der Waals surface area contributed by atoms with Gasteiger partial charge in [-0.25, -0.2) is 9.97 Å². The number of carbonyl (C=O) groups is 2. The standard InChI is InChI=1S/C25H28N8O2/c1-5-18(34)16-12-26-19(29-24(35)14-6-7-14)11-17(16)28-23-21-15(10-13(2)27-23)20-22(31-33(4)30-20)25(8-9-25)32(21)3/h10-12,14H,5-9H2,1-4H3,(H2,26,27,28,29,35)/i1D3. The number of carbonyl (C=O) groups excluding carboxylic acids is 2. The quantitative estimate of drug-likeness (QED) is 0.518. The number of ketones is 1. The maximum Gasteiger partial charge on any atom is 0.228 e. The van der Waals surface area contributed by atoms with E-state index in [1.807, 2.05) is 20.0 Å². The van der Waals surface area contributed by atoms with Gasteiger partial charge in [0.25, 0.3) is 0 Å². The van der Waals surface area contributed by atoms with E-state index < -0.39 is 19.1 Å². The molecule has 0 aromatic carbocycles. The van der Waals surface area contributed by atoms with E-state index in [9.17, 15) is 9.59 Å². The summed E-state index contributed by atoms with van der Waals surface area (Å²) < 4.78 is 22.7. The molecule has 0 saturated heterocycles. The SMILES string of the molecule is [2H]C([2H])([2H])CC(=O)c1cnc(NC(=O)C2CC2)cc1Nc1nc(C)cc2c1N(C)C1(CC1)c1nn(C)nc1-2. The van der Waals surface area contributed by atoms with E-state index >= 15 is 0 Å². The highest BCUT2D eigenvalue weighted by molar-refractivity contribution is 6.03. The Hall–Kier alpha value is -3.82. The summed E-state index contributed by atoms with van der Waals surface area (Å²) in [5.41, 5.74) is 4.32. The lowest BCUT2D eigenvalue weighted by Crippen LogP contribution is -2.36. The van der Waals surface area contributed by atoms with Gasteiger partial charge >= 0.3 is 0 Å². The Kier molecular flexibility index (Phi) is 4.01. The fraction of sp³-hybridized carbons (Fsp3) is 0.440. The van der Waals surface area contributed by atoms with Gasteiger partial charge in [0.15, 0.2) is 11.6 Å². The summed E-state index contributed by atoms with van der Waals surface area (Å²) >= 11 is 0. The summed E-state index contributed by atoms with van der Waals surface area (Å²) in [5.74, 6) is 0.0462. The van der Waals surface area contributed by atoms with E-state index in [-0.39, 0.29) is 28.7 Å². The van der Waals surface area contributed by atoms with Crippen LogP contribution in [0.15, 0.2) is 18.3 Å². The molecule has 10 nitrogen and oxygen atoms in total. The summed E-state index contributed by atoms with van der Waals surface area (Å²) in [4.78, 5) is 38.2. The first-order valence-electron chi connectivity index (χ1n) is 13.2. The van der Waals surface area contributed by atoms with Crippen LogP contribution in [-0.2, 0) is 17.4 Å². The molecular weight excluding hydrogens is 444 g/mol. The maximum absolute atomic E-state index is 13.0. The normalized spacial score (nSPS) is 18.7. The van der Waals surface area contributed by atoms with Crippen LogP contribution in [0.4, 0.5) is 23.0 Å². The first-order valence-corrected chi connectivity index (χ1v) is 11.7. The average Bonchev–Trinajstić information content (AvgIpc) is 3.74. The van der Waals surface area contributed by atoms with Gasteiger partial charge in [-0.3, -0.25) is 9.59 Å². The van der Waals surface area contributed by atoms with Crippen LogP contribution in [0.25, 0.3) is 11.3 Å². The first kappa shape index (κ1) is 18.5. The molecule has 0 atom stereocenters. The van der Waals surface area contributed by atoms with Gasteiger partial charge in [-0.1, -0.05) is 6.85 Å². The van der Waals surface area contributed by atoms with Crippen LogP contribution in [0.5, 0.6) is 0 Å². The lowest BCUT2D eigenvalue weighted by Gasteiger charge is -2.36. The summed E-state index contributed by atoms with van der Waals surface area (Å²) in [6.07, 6.45) is 4.21. The first-order chi connectivity index (χ1) is 17.9. The molecule has 1 aliphatic heterocycles. The molecule has 6 rings (SSSR count). The van der Waals surface area contributed by atoms with Gasteiger partial charge < -0.3 is 15.5 Å². The minimum absolute atomic E-state index is 0.0277. The molecule has 3 aromatic heterocycles. The second-order valence-electron chi connectivity index (χ2n) is 9.59. The molecule has 4 heterocycles. The fourth-order valence-electron chi connectivity index (χ4n) is 4.88. The molecule has 2 aliphatic carbocycles. The van der Waals surface area contributed by atoms with Crippen molar-refractivity contribution in [3.8, 4) is 11.3 Å². The number of hydrogen-bond acceptors (Lipinski definition) is 8. The number of amides is 1. The van der Waals surface area contributed by atoms with Crippen molar-refractivity contribution in [2.24, 2.45) is 13.0 Å². The van der Waals surface area contributed by atoms with Crippen LogP contribution in [0.1, 0.15) is 64.8 Å². The molecule has 3 aliphatic rings. The number of hydrogen-bond donors (Lipinski definition) is 2. The molecule has 0 radical (unpaired) electrons. The molecule has 1 spiro atoms. The van der Waals surface area contributed by atoms with Gasteiger partial charge in [0, 0.05) is 54.1 Å². The second-order valence-corrected chi connectivity index (χ2v) is 9.59. The summed E-state index contributed by atoms with van der Waals surface area (Å²) in [6, 6.07) is 3.53. The van der Waals surface area contributed by atoms with Gasteiger partial charge in [0.2, 0.25) is 5.91 Å². The van der Waals surface area contributed by atoms with Gasteiger partial charge in [-0.2, -0.15) is 15.0 Å². The second kappa shape index (κ2) is 7.59. The molecule has 2 fully saturated rings. The van der Waals surface area contributed by atoms with Gasteiger partial charge in [-0.15, -0.1) is 0 Å². The lowest BCUT2D eigenvalue weighted by molar-refractivity contribution is -0.117. The topological polar surface area (TPSA) is 118 Å². The number of fused-ring (bicyclic) bond motifs is 4. The van der Waals surface area contributed by atoms with Gasteiger partial charge in [-0.05, 0) is 38.7 Å². The van der Waals surface area contributed by atoms with Gasteiger partial charge in [0.05, 0.1) is 22.5 Å². The van der Waals surface area contributed by atoms with Gasteiger partial charge in [0.1, 0.15) is 17.2 Å². The number of pyridine rings is 2. The van der Waals surface area contributed by atoms with Crippen molar-refractivity contribution < 1.29 is 13.7 Å². The Morgan fingerprint density at radius 3 is 2.74 bits per heavy atom. The van der Waals surface area contributed by atoms with Crippen LogP contribution in [0.3, 0.4) is 0 Å². The van der Waals surface area contributed by atoms with Crippen LogP contribution < -0.4 is 15.5 Å². The third-order valence-corrected chi connectivity index (χ3v) is 7.05. The van der Waals surface area contributed by atoms with Crippen molar-refractivity contribution in [2.75, 3.05) is 22.6 Å². The van der Waals surface area contributed by atoms with E-state index in [0.717, 1.165) is 54.0 Å². The predicted octanol–water partition coefficient (Wildman–Crippen LogP) is 3.70. The molecule has 0 bridgehead atoms. The largest absolute Gasteiger partial charge is 0.360 e. The average molecular weight is 476 g/mol. The van der Waals surface area contributed by atoms with E-state index in [4.69, 9.17) is 9.10 Å². The third kappa shape index (κ3) is 3.46. The molecule has 0 unspecified atom stereocenters. The zero-order chi connectivity index (χ0) is 27.0. The Morgan fingerprint density at radius 1 is 1.23 bits per heavy atom. The highest BCUT2D eigenvalue weighted by atomic mass is 16.2. The zero-order valence-electron chi connectivity index (χ0n) is 22.8. The van der Waals surface area contributed by atoms with Crippen molar-refractivity contribution >= 4 is 34.7 Å². The Balaban J connectivity index is 1.45. The fourth-order valence-corrected chi connectivity index (χ4v) is 4.88. The molecule has 10 heteroatoms. The Labute approximate surface area is 207 Å². The number of aromatic nitrogens is 5. The Morgan fingerprint density at radius 2 is 2.03 bits per heavy atom. The summed E-state index contributed by atoms with van der Waals surface area (Å²) in [5, 5.41) is 15.4. The molecule has 2 N–H and O–H groups in total. The highest BCUT2D eigenvalue weighted by Gasteiger charge is 2.56. The number of Topliss-reactive ketones (excluding diaryl/α,β-unsaturated/α-hetero) is 1. The van der Waals surface area contributed by atoms with E-state index in [2.05, 4.69) is 30.7 Å². The number of rotatable bonds is 6. The molecule has 35 heavy (non-hydrogen) atoms. The van der Waals surface area contributed by atoms with Crippen LogP contribution in [-0.4, -0.2) is 43.7 Å². The number of aryl methyl sites for hydroxylation is 2. The summed E-state index contributed by atoms with van der Waals surface area (Å²) in [7, 11) is 3.80. The lowest BCUT2D eigenvalue weighted by atomic mass is 9.95. The van der Waals surface area contributed by atoms with E-state index in [1.54, 1.807) is 17.9 Å². The molecule has 2 saturated carbocycles. The minimum atomic E-state index is -2.44. The van der Waals surface area contributed by atoms with Crippen molar-refractivity contribution in [1.29, 1.82) is 0 Å². The van der Waals surface area contributed by atoms with Crippen LogP contribution >= 0.6 is 0 Å². The van der Waals surface area contributed by atoms with Crippen molar-refractivity contribution in [2.45, 2.75) is 51.4 Å². The van der Waals surface area contributed by atoms with Crippen LogP contribution in [0, 0.1) is 12.8 Å². The van der Waals surface area contributed by atoms with Crippen molar-refractivity contribution in [3.05, 3.63) is 35.3 Å². The molecule has 3 aromatic rings.